The van der Waals surface area contributed by atoms with Crippen LogP contribution in [0.5, 0.6) is 0 Å². The van der Waals surface area contributed by atoms with Gasteiger partial charge in [-0.15, -0.1) is 0 Å². The Morgan fingerprint density at radius 2 is 2.17 bits per heavy atom. The first kappa shape index (κ1) is 12.8. The van der Waals surface area contributed by atoms with Crippen LogP contribution in [0.25, 0.3) is 0 Å². The molecule has 5 heteroatoms. The number of rotatable bonds is 3. The number of nitro groups is 1. The summed E-state index contributed by atoms with van der Waals surface area (Å²) in [5, 5.41) is 10.8. The number of aryl methyl sites for hydroxylation is 1. The fourth-order valence-corrected chi connectivity index (χ4v) is 2.44. The number of benzene rings is 1. The minimum absolute atomic E-state index is 0.196. The van der Waals surface area contributed by atoms with Gasteiger partial charge >= 0.3 is 0 Å². The number of anilines is 1. The van der Waals surface area contributed by atoms with Crippen LogP contribution in [0.15, 0.2) is 18.2 Å². The van der Waals surface area contributed by atoms with Crippen molar-refractivity contribution in [2.45, 2.75) is 19.4 Å². The van der Waals surface area contributed by atoms with Gasteiger partial charge in [-0.2, -0.15) is 0 Å². The Labute approximate surface area is 107 Å². The van der Waals surface area contributed by atoms with E-state index in [0.717, 1.165) is 30.8 Å². The molecule has 0 spiro atoms. The molecule has 0 unspecified atom stereocenters. The zero-order valence-corrected chi connectivity index (χ0v) is 11.1. The first-order valence-corrected chi connectivity index (χ1v) is 6.15. The van der Waals surface area contributed by atoms with Gasteiger partial charge in [0.2, 0.25) is 0 Å². The molecule has 1 aromatic rings. The van der Waals surface area contributed by atoms with Crippen LogP contribution in [0, 0.1) is 17.0 Å². The van der Waals surface area contributed by atoms with Gasteiger partial charge in [-0.1, -0.05) is 0 Å². The fraction of sp³-hybridized carbons (Fsp3) is 0.538. The Morgan fingerprint density at radius 1 is 1.44 bits per heavy atom. The monoisotopic (exact) mass is 249 g/mol. The van der Waals surface area contributed by atoms with Gasteiger partial charge < -0.3 is 9.80 Å². The normalized spacial score (nSPS) is 19.6. The van der Waals surface area contributed by atoms with Crippen molar-refractivity contribution in [2.24, 2.45) is 0 Å². The molecule has 2 rings (SSSR count). The van der Waals surface area contributed by atoms with Crippen LogP contribution in [0.3, 0.4) is 0 Å². The molecule has 0 aromatic heterocycles. The van der Waals surface area contributed by atoms with Crippen LogP contribution in [0.1, 0.15) is 12.0 Å². The van der Waals surface area contributed by atoms with Crippen molar-refractivity contribution in [3.05, 3.63) is 33.9 Å². The summed E-state index contributed by atoms with van der Waals surface area (Å²) >= 11 is 0. The molecule has 0 saturated carbocycles. The highest BCUT2D eigenvalue weighted by Crippen LogP contribution is 2.27. The average Bonchev–Trinajstić information content (AvgIpc) is 2.77. The Hall–Kier alpha value is -1.62. The molecule has 1 aliphatic rings. The van der Waals surface area contributed by atoms with E-state index in [4.69, 9.17) is 0 Å². The minimum Gasteiger partial charge on any atom is -0.370 e. The van der Waals surface area contributed by atoms with Crippen LogP contribution in [0.2, 0.25) is 0 Å². The summed E-state index contributed by atoms with van der Waals surface area (Å²) in [6.07, 6.45) is 1.14. The molecule has 1 aromatic carbocycles. The molecule has 1 aliphatic heterocycles. The first-order valence-electron chi connectivity index (χ1n) is 6.15. The number of nitro benzene ring substituents is 1. The van der Waals surface area contributed by atoms with Crippen LogP contribution in [-0.2, 0) is 0 Å². The molecule has 1 atom stereocenters. The molecule has 0 radical (unpaired) electrons. The molecule has 0 N–H and O–H groups in total. The Balaban J connectivity index is 2.16. The van der Waals surface area contributed by atoms with Crippen LogP contribution in [-0.4, -0.2) is 43.0 Å². The van der Waals surface area contributed by atoms with Gasteiger partial charge in [0.1, 0.15) is 0 Å². The quantitative estimate of drug-likeness (QED) is 0.607. The minimum atomic E-state index is -0.328. The second-order valence-corrected chi connectivity index (χ2v) is 5.08. The van der Waals surface area contributed by atoms with Crippen LogP contribution >= 0.6 is 0 Å². The summed E-state index contributed by atoms with van der Waals surface area (Å²) in [6.45, 7) is 3.80. The van der Waals surface area contributed by atoms with Gasteiger partial charge in [0.15, 0.2) is 0 Å². The smallest absolute Gasteiger partial charge is 0.272 e. The average molecular weight is 249 g/mol. The second-order valence-electron chi connectivity index (χ2n) is 5.08. The molecular formula is C13H19N3O2. The Morgan fingerprint density at radius 3 is 2.67 bits per heavy atom. The van der Waals surface area contributed by atoms with E-state index in [9.17, 15) is 10.1 Å². The largest absolute Gasteiger partial charge is 0.370 e. The van der Waals surface area contributed by atoms with Gasteiger partial charge in [0, 0.05) is 36.4 Å². The van der Waals surface area contributed by atoms with Crippen molar-refractivity contribution in [2.75, 3.05) is 32.1 Å². The van der Waals surface area contributed by atoms with Gasteiger partial charge in [-0.25, -0.2) is 0 Å². The highest BCUT2D eigenvalue weighted by Gasteiger charge is 2.24. The van der Waals surface area contributed by atoms with Crippen LogP contribution in [0.4, 0.5) is 11.4 Å². The molecule has 5 nitrogen and oxygen atoms in total. The van der Waals surface area contributed by atoms with Gasteiger partial charge in [0.25, 0.3) is 5.69 Å². The van der Waals surface area contributed by atoms with E-state index in [2.05, 4.69) is 23.9 Å². The summed E-state index contributed by atoms with van der Waals surface area (Å²) in [6, 6.07) is 5.94. The lowest BCUT2D eigenvalue weighted by Gasteiger charge is -2.22. The van der Waals surface area contributed by atoms with Crippen molar-refractivity contribution in [3.8, 4) is 0 Å². The number of likely N-dealkylation sites (N-methyl/N-ethyl adjacent to an activating group) is 1. The molecule has 1 saturated heterocycles. The summed E-state index contributed by atoms with van der Waals surface area (Å²) in [7, 11) is 4.19. The van der Waals surface area contributed by atoms with E-state index in [1.165, 1.54) is 0 Å². The molecule has 0 bridgehead atoms. The van der Waals surface area contributed by atoms with Crippen molar-refractivity contribution >= 4 is 11.4 Å². The SMILES string of the molecule is Cc1cc(N2CC[C@H](N(C)C)C2)ccc1[N+](=O)[O-]. The van der Waals surface area contributed by atoms with E-state index in [0.29, 0.717) is 6.04 Å². The summed E-state index contributed by atoms with van der Waals surface area (Å²) < 4.78 is 0. The lowest BCUT2D eigenvalue weighted by atomic mass is 10.1. The third kappa shape index (κ3) is 2.46. The Kier molecular flexibility index (Phi) is 3.52. The zero-order valence-electron chi connectivity index (χ0n) is 11.1. The molecular weight excluding hydrogens is 230 g/mol. The lowest BCUT2D eigenvalue weighted by molar-refractivity contribution is -0.385. The maximum absolute atomic E-state index is 10.8. The topological polar surface area (TPSA) is 49.6 Å². The van der Waals surface area contributed by atoms with Gasteiger partial charge in [0.05, 0.1) is 4.92 Å². The van der Waals surface area contributed by atoms with Crippen molar-refractivity contribution in [1.82, 2.24) is 4.90 Å². The first-order chi connectivity index (χ1) is 8.49. The fourth-order valence-electron chi connectivity index (χ4n) is 2.44. The van der Waals surface area contributed by atoms with E-state index in [1.807, 2.05) is 12.1 Å². The molecule has 98 valence electrons. The third-order valence-electron chi connectivity index (χ3n) is 3.64. The summed E-state index contributed by atoms with van der Waals surface area (Å²) in [4.78, 5) is 15.0. The van der Waals surface area contributed by atoms with E-state index < -0.39 is 0 Å². The molecule has 1 fully saturated rings. The van der Waals surface area contributed by atoms with Gasteiger partial charge in [-0.05, 0) is 39.6 Å². The van der Waals surface area contributed by atoms with E-state index in [1.54, 1.807) is 13.0 Å². The Bertz CT molecular complexity index is 460. The highest BCUT2D eigenvalue weighted by molar-refractivity contribution is 5.55. The van der Waals surface area contributed by atoms with Crippen molar-refractivity contribution < 1.29 is 4.92 Å². The third-order valence-corrected chi connectivity index (χ3v) is 3.64. The zero-order chi connectivity index (χ0) is 13.3. The highest BCUT2D eigenvalue weighted by atomic mass is 16.6. The molecule has 18 heavy (non-hydrogen) atoms. The van der Waals surface area contributed by atoms with E-state index >= 15 is 0 Å². The lowest BCUT2D eigenvalue weighted by Crippen LogP contribution is -2.31. The number of hydrogen-bond donors (Lipinski definition) is 0. The van der Waals surface area contributed by atoms with Crippen molar-refractivity contribution in [1.29, 1.82) is 0 Å². The number of nitrogens with zero attached hydrogens (tertiary/aromatic N) is 3. The predicted octanol–water partition coefficient (Wildman–Crippen LogP) is 2.04. The summed E-state index contributed by atoms with van der Waals surface area (Å²) in [5.74, 6) is 0. The predicted molar refractivity (Wildman–Crippen MR) is 72.1 cm³/mol. The van der Waals surface area contributed by atoms with E-state index in [-0.39, 0.29) is 10.6 Å². The maximum atomic E-state index is 10.8. The number of hydrogen-bond acceptors (Lipinski definition) is 4. The molecule has 1 heterocycles. The van der Waals surface area contributed by atoms with Crippen LogP contribution < -0.4 is 4.90 Å². The second kappa shape index (κ2) is 4.94. The maximum Gasteiger partial charge on any atom is 0.272 e. The van der Waals surface area contributed by atoms with Gasteiger partial charge in [-0.3, -0.25) is 10.1 Å². The molecule has 0 amide bonds. The molecule has 0 aliphatic carbocycles. The summed E-state index contributed by atoms with van der Waals surface area (Å²) in [5.41, 5.74) is 2.01. The van der Waals surface area contributed by atoms with Crippen molar-refractivity contribution in [3.63, 3.8) is 0 Å². The standard InChI is InChI=1S/C13H19N3O2/c1-10-8-11(4-5-13(10)16(17)18)15-7-6-12(9-15)14(2)3/h4-5,8,12H,6-7,9H2,1-3H3/t12-/m0/s1.